The first-order valence-corrected chi connectivity index (χ1v) is 9.86. The number of hydrogen-bond donors (Lipinski definition) is 1. The quantitative estimate of drug-likeness (QED) is 0.923. The number of benzene rings is 1. The minimum Gasteiger partial charge on any atom is -0.353 e. The first-order valence-electron chi connectivity index (χ1n) is 9.86. The van der Waals surface area contributed by atoms with Crippen LogP contribution in [-0.4, -0.2) is 21.7 Å². The number of carbonyl (C=O) groups is 1. The van der Waals surface area contributed by atoms with Crippen LogP contribution in [0.5, 0.6) is 0 Å². The monoisotopic (exact) mass is 353 g/mol. The average Bonchev–Trinajstić information content (AvgIpc) is 2.66. The molecule has 26 heavy (non-hydrogen) atoms. The van der Waals surface area contributed by atoms with E-state index < -0.39 is 0 Å². The highest BCUT2D eigenvalue weighted by Gasteiger charge is 2.32. The highest BCUT2D eigenvalue weighted by Crippen LogP contribution is 2.40. The molecule has 5 heteroatoms. The van der Waals surface area contributed by atoms with Gasteiger partial charge in [0.05, 0.1) is 17.5 Å². The highest BCUT2D eigenvalue weighted by atomic mass is 16.1. The van der Waals surface area contributed by atoms with Gasteiger partial charge in [0, 0.05) is 18.5 Å². The van der Waals surface area contributed by atoms with Crippen LogP contribution in [0.1, 0.15) is 50.6 Å². The number of nitrogens with one attached hydrogen (secondary N) is 1. The Kier molecular flexibility index (Phi) is 4.79. The van der Waals surface area contributed by atoms with E-state index in [1.54, 1.807) is 13.1 Å². The fourth-order valence-corrected chi connectivity index (χ4v) is 4.94. The minimum absolute atomic E-state index is 0.0144. The molecule has 0 saturated heterocycles. The lowest BCUT2D eigenvalue weighted by Crippen LogP contribution is -2.42. The second-order valence-electron chi connectivity index (χ2n) is 7.98. The molecular weight excluding hydrogens is 326 g/mol. The van der Waals surface area contributed by atoms with Crippen LogP contribution in [0.15, 0.2) is 29.1 Å². The average molecular weight is 353 g/mol. The van der Waals surface area contributed by atoms with Crippen molar-refractivity contribution in [2.24, 2.45) is 18.9 Å². The lowest BCUT2D eigenvalue weighted by molar-refractivity contribution is -0.121. The molecule has 0 bridgehead atoms. The summed E-state index contributed by atoms with van der Waals surface area (Å²) in [5.74, 6) is 1.69. The fourth-order valence-electron chi connectivity index (χ4n) is 4.94. The second-order valence-corrected chi connectivity index (χ2v) is 7.98. The van der Waals surface area contributed by atoms with Gasteiger partial charge in [0.15, 0.2) is 0 Å². The van der Waals surface area contributed by atoms with E-state index in [1.165, 1.54) is 36.8 Å². The summed E-state index contributed by atoms with van der Waals surface area (Å²) < 4.78 is 1.33. The van der Waals surface area contributed by atoms with Gasteiger partial charge in [-0.15, -0.1) is 0 Å². The molecule has 5 nitrogen and oxygen atoms in total. The summed E-state index contributed by atoms with van der Waals surface area (Å²) in [6.07, 6.45) is 9.10. The SMILES string of the molecule is Cn1nc(CC(=O)N[C@@H]2CC[C@@H]3CCCC[C@@H]3C2)c2ccccc2c1=O. The summed E-state index contributed by atoms with van der Waals surface area (Å²) in [5.41, 5.74) is 0.548. The fraction of sp³-hybridized carbons (Fsp3) is 0.571. The van der Waals surface area contributed by atoms with Gasteiger partial charge in [-0.3, -0.25) is 9.59 Å². The lowest BCUT2D eigenvalue weighted by atomic mass is 9.69. The maximum Gasteiger partial charge on any atom is 0.274 e. The van der Waals surface area contributed by atoms with Crippen LogP contribution in [0.2, 0.25) is 0 Å². The van der Waals surface area contributed by atoms with Crippen LogP contribution in [0.3, 0.4) is 0 Å². The Morgan fingerprint density at radius 2 is 1.85 bits per heavy atom. The molecule has 0 aliphatic heterocycles. The van der Waals surface area contributed by atoms with E-state index in [4.69, 9.17) is 0 Å². The number of amides is 1. The van der Waals surface area contributed by atoms with E-state index in [-0.39, 0.29) is 17.9 Å². The predicted octanol–water partition coefficient (Wildman–Crippen LogP) is 2.95. The van der Waals surface area contributed by atoms with Crippen LogP contribution in [0.4, 0.5) is 0 Å². The molecule has 2 aromatic rings. The van der Waals surface area contributed by atoms with Gasteiger partial charge in [-0.2, -0.15) is 5.10 Å². The number of aromatic nitrogens is 2. The standard InChI is InChI=1S/C21H27N3O2/c1-24-21(26)18-9-5-4-8-17(18)19(23-24)13-20(25)22-16-11-10-14-6-2-3-7-15(14)12-16/h4-5,8-9,14-16H,2-3,6-7,10-13H2,1H3,(H,22,25)/t14-,15+,16+/m0/s1. The van der Waals surface area contributed by atoms with E-state index in [0.717, 1.165) is 30.1 Å². The molecule has 138 valence electrons. The highest BCUT2D eigenvalue weighted by molar-refractivity contribution is 5.88. The Morgan fingerprint density at radius 3 is 2.65 bits per heavy atom. The number of rotatable bonds is 3. The third kappa shape index (κ3) is 3.39. The second kappa shape index (κ2) is 7.22. The zero-order valence-electron chi connectivity index (χ0n) is 15.4. The third-order valence-corrected chi connectivity index (χ3v) is 6.27. The normalized spacial score (nSPS) is 25.7. The molecule has 1 heterocycles. The number of aryl methyl sites for hydroxylation is 1. The molecule has 2 aliphatic rings. The van der Waals surface area contributed by atoms with Crippen molar-refractivity contribution in [2.45, 2.75) is 57.4 Å². The van der Waals surface area contributed by atoms with Crippen LogP contribution < -0.4 is 10.9 Å². The Hall–Kier alpha value is -2.17. The van der Waals surface area contributed by atoms with Gasteiger partial charge in [0.2, 0.25) is 5.91 Å². The van der Waals surface area contributed by atoms with E-state index in [1.807, 2.05) is 18.2 Å². The van der Waals surface area contributed by atoms with E-state index in [9.17, 15) is 9.59 Å². The minimum atomic E-state index is -0.125. The van der Waals surface area contributed by atoms with Crippen LogP contribution in [0.25, 0.3) is 10.8 Å². The smallest absolute Gasteiger partial charge is 0.274 e. The molecule has 1 N–H and O–H groups in total. The summed E-state index contributed by atoms with van der Waals surface area (Å²) in [6.45, 7) is 0. The Morgan fingerprint density at radius 1 is 1.12 bits per heavy atom. The molecule has 1 aromatic carbocycles. The molecule has 4 rings (SSSR count). The van der Waals surface area contributed by atoms with Gasteiger partial charge >= 0.3 is 0 Å². The molecule has 2 saturated carbocycles. The Labute approximate surface area is 153 Å². The van der Waals surface area contributed by atoms with E-state index in [2.05, 4.69) is 10.4 Å². The van der Waals surface area contributed by atoms with Gasteiger partial charge in [-0.05, 0) is 37.2 Å². The molecular formula is C21H27N3O2. The number of carbonyl (C=O) groups excluding carboxylic acids is 1. The molecule has 0 spiro atoms. The van der Waals surface area contributed by atoms with Crippen LogP contribution in [-0.2, 0) is 18.3 Å². The van der Waals surface area contributed by atoms with Crippen molar-refractivity contribution in [3.8, 4) is 0 Å². The van der Waals surface area contributed by atoms with Gasteiger partial charge in [-0.25, -0.2) is 4.68 Å². The summed E-state index contributed by atoms with van der Waals surface area (Å²) >= 11 is 0. The van der Waals surface area contributed by atoms with Crippen molar-refractivity contribution < 1.29 is 4.79 Å². The molecule has 1 amide bonds. The molecule has 3 atom stereocenters. The summed E-state index contributed by atoms with van der Waals surface area (Å²) in [4.78, 5) is 24.9. The maximum atomic E-state index is 12.6. The van der Waals surface area contributed by atoms with Crippen molar-refractivity contribution in [1.82, 2.24) is 15.1 Å². The Bertz CT molecular complexity index is 873. The summed E-state index contributed by atoms with van der Waals surface area (Å²) in [6, 6.07) is 7.69. The topological polar surface area (TPSA) is 64.0 Å². The number of hydrogen-bond acceptors (Lipinski definition) is 3. The van der Waals surface area contributed by atoms with Gasteiger partial charge < -0.3 is 5.32 Å². The van der Waals surface area contributed by atoms with Crippen LogP contribution in [0, 0.1) is 11.8 Å². The number of nitrogens with zero attached hydrogens (tertiary/aromatic N) is 2. The Balaban J connectivity index is 1.46. The predicted molar refractivity (Wildman–Crippen MR) is 102 cm³/mol. The summed E-state index contributed by atoms with van der Waals surface area (Å²) in [7, 11) is 1.64. The molecule has 2 aliphatic carbocycles. The zero-order valence-corrected chi connectivity index (χ0v) is 15.4. The molecule has 0 radical (unpaired) electrons. The van der Waals surface area contributed by atoms with Crippen molar-refractivity contribution in [3.05, 3.63) is 40.3 Å². The van der Waals surface area contributed by atoms with Gasteiger partial charge in [0.25, 0.3) is 5.56 Å². The molecule has 0 unspecified atom stereocenters. The van der Waals surface area contributed by atoms with Gasteiger partial charge in [0.1, 0.15) is 0 Å². The van der Waals surface area contributed by atoms with Crippen molar-refractivity contribution >= 4 is 16.7 Å². The summed E-state index contributed by atoms with van der Waals surface area (Å²) in [5, 5.41) is 8.98. The van der Waals surface area contributed by atoms with Gasteiger partial charge in [-0.1, -0.05) is 43.9 Å². The van der Waals surface area contributed by atoms with Crippen LogP contribution >= 0.6 is 0 Å². The molecule has 2 fully saturated rings. The zero-order chi connectivity index (χ0) is 18.1. The molecule has 1 aromatic heterocycles. The lowest BCUT2D eigenvalue weighted by Gasteiger charge is -2.39. The van der Waals surface area contributed by atoms with E-state index in [0.29, 0.717) is 17.1 Å². The van der Waals surface area contributed by atoms with E-state index >= 15 is 0 Å². The largest absolute Gasteiger partial charge is 0.353 e. The number of fused-ring (bicyclic) bond motifs is 2. The van der Waals surface area contributed by atoms with Crippen molar-refractivity contribution in [3.63, 3.8) is 0 Å². The maximum absolute atomic E-state index is 12.6. The van der Waals surface area contributed by atoms with Crippen molar-refractivity contribution in [2.75, 3.05) is 0 Å². The third-order valence-electron chi connectivity index (χ3n) is 6.27. The first-order chi connectivity index (χ1) is 12.6. The van der Waals surface area contributed by atoms with Crippen molar-refractivity contribution in [1.29, 1.82) is 0 Å². The first kappa shape index (κ1) is 17.3.